The van der Waals surface area contributed by atoms with E-state index in [1.54, 1.807) is 37.6 Å². The summed E-state index contributed by atoms with van der Waals surface area (Å²) in [5.41, 5.74) is 6.08. The number of aliphatic hydroxyl groups is 1. The number of amides is 8. The maximum atomic E-state index is 15.4. The Balaban J connectivity index is 1.60. The van der Waals surface area contributed by atoms with Gasteiger partial charge in [-0.1, -0.05) is 58.0 Å². The minimum atomic E-state index is -1.71. The van der Waals surface area contributed by atoms with E-state index in [2.05, 4.69) is 21.3 Å². The van der Waals surface area contributed by atoms with Crippen molar-refractivity contribution >= 4 is 58.8 Å². The molecular formula is C55H72F2N8O14. The molecule has 5 atom stereocenters. The maximum Gasteiger partial charge on any atom is 0.254 e. The van der Waals surface area contributed by atoms with Crippen molar-refractivity contribution in [3.05, 3.63) is 95.8 Å². The van der Waals surface area contributed by atoms with Crippen molar-refractivity contribution in [3.63, 3.8) is 0 Å². The van der Waals surface area contributed by atoms with Gasteiger partial charge in [-0.25, -0.2) is 8.78 Å². The number of methoxy groups -OCH3 is 1. The Hall–Kier alpha value is -7.54. The van der Waals surface area contributed by atoms with E-state index in [0.717, 1.165) is 40.8 Å². The van der Waals surface area contributed by atoms with Crippen LogP contribution in [0.5, 0.6) is 0 Å². The minimum absolute atomic E-state index is 0.0148. The zero-order valence-corrected chi connectivity index (χ0v) is 45.4. The molecule has 79 heavy (non-hydrogen) atoms. The number of rotatable bonds is 34. The molecule has 2 aromatic carbocycles. The van der Waals surface area contributed by atoms with Crippen LogP contribution in [0.3, 0.4) is 0 Å². The van der Waals surface area contributed by atoms with E-state index in [1.807, 2.05) is 30.3 Å². The molecule has 0 fully saturated rings. The number of hydrogen-bond donors (Lipinski definition) is 6. The van der Waals surface area contributed by atoms with Gasteiger partial charge in [-0.2, -0.15) is 0 Å². The van der Waals surface area contributed by atoms with E-state index in [0.29, 0.717) is 18.9 Å². The molecule has 3 aromatic rings. The molecule has 4 rings (SSSR count). The average Bonchev–Trinajstić information content (AvgIpc) is 4.07. The van der Waals surface area contributed by atoms with Crippen LogP contribution in [-0.4, -0.2) is 163 Å². The number of hydrogen-bond acceptors (Lipinski definition) is 14. The first kappa shape index (κ1) is 64.0. The van der Waals surface area contributed by atoms with Gasteiger partial charge in [-0.15, -0.1) is 0 Å². The highest BCUT2D eigenvalue weighted by Crippen LogP contribution is 2.41. The van der Waals surface area contributed by atoms with E-state index in [4.69, 9.17) is 19.9 Å². The zero-order valence-electron chi connectivity index (χ0n) is 45.4. The second-order valence-corrected chi connectivity index (χ2v) is 20.0. The van der Waals surface area contributed by atoms with Crippen LogP contribution in [0.2, 0.25) is 0 Å². The first-order valence-corrected chi connectivity index (χ1v) is 25.7. The normalized spacial score (nSPS) is 14.2. The second kappa shape index (κ2) is 31.2. The van der Waals surface area contributed by atoms with Crippen molar-refractivity contribution in [2.45, 2.75) is 97.4 Å². The van der Waals surface area contributed by atoms with Crippen molar-refractivity contribution in [2.75, 3.05) is 66.4 Å². The van der Waals surface area contributed by atoms with Crippen molar-refractivity contribution in [3.8, 4) is 11.1 Å². The first-order valence-electron chi connectivity index (χ1n) is 25.7. The number of aliphatic hydroxyl groups excluding tert-OH is 1. The molecule has 8 amide bonds. The molecule has 22 nitrogen and oxygen atoms in total. The molecule has 1 aliphatic heterocycles. The number of nitrogens with two attached hydrogens (primary N) is 1. The van der Waals surface area contributed by atoms with Crippen molar-refractivity contribution in [1.29, 1.82) is 0 Å². The van der Waals surface area contributed by atoms with Crippen molar-refractivity contribution in [2.24, 2.45) is 17.1 Å². The number of nitrogens with one attached hydrogen (secondary N) is 4. The number of nitrogens with zero attached hydrogens (tertiary/aromatic N) is 3. The standard InChI is InChI=1S/C55H72F2N8O14/c1-34(25-45(68)35(2)60-47(70)33-79-24-23-78-22-21-77-6)52(74)62-43(28-46(58)69)54(76)61-42(53(75)59-19-10-13-39(67)31-65-48(71)16-17-49(65)72)18-20-64(50(73)32-66)51(55(3,4)5)44-26-37(40-27-38(56)14-15-41(40)57)30-63(44)29-36-11-8-7-9-12-36/h7-9,11-12,14-17,26-27,30,34-35,42-43,51,66H,10,13,18-25,28-29,31-33H2,1-6H3,(H2,58,69)(H,59,75)(H,60,70)(H,61,76)(H,62,74)/t34-,35+,42+,43+,51+/m1/s1. The molecular weight excluding hydrogens is 1030 g/mol. The summed E-state index contributed by atoms with van der Waals surface area (Å²) in [4.78, 5) is 133. The van der Waals surface area contributed by atoms with Gasteiger partial charge in [0.15, 0.2) is 11.6 Å². The summed E-state index contributed by atoms with van der Waals surface area (Å²) in [6.45, 7) is 7.02. The Kier molecular flexibility index (Phi) is 25.2. The lowest BCUT2D eigenvalue weighted by Gasteiger charge is -2.41. The van der Waals surface area contributed by atoms with Gasteiger partial charge in [0.25, 0.3) is 11.8 Å². The molecule has 2 heterocycles. The Morgan fingerprint density at radius 1 is 0.810 bits per heavy atom. The molecule has 0 unspecified atom stereocenters. The quantitative estimate of drug-likeness (QED) is 0.0367. The molecule has 0 saturated carbocycles. The topological polar surface area (TPSA) is 304 Å². The average molecular weight is 1110 g/mol. The Labute approximate surface area is 457 Å². The van der Waals surface area contributed by atoms with Gasteiger partial charge >= 0.3 is 0 Å². The summed E-state index contributed by atoms with van der Waals surface area (Å²) in [7, 11) is 1.52. The number of ketones is 2. The predicted molar refractivity (Wildman–Crippen MR) is 282 cm³/mol. The van der Waals surface area contributed by atoms with Crippen LogP contribution >= 0.6 is 0 Å². The van der Waals surface area contributed by atoms with Crippen LogP contribution in [0.1, 0.15) is 84.0 Å². The SMILES string of the molecule is COCCOCCOCC(=O)N[C@@H](C)C(=O)C[C@@H](C)C(=O)N[C@@H](CC(N)=O)C(=O)N[C@@H](CCN(C(=O)CO)[C@@H](c1cc(-c2cc(F)ccc2F)cn1Cc1ccccc1)C(C)(C)C)C(=O)NCCCC(=O)CN1C(=O)C=CC1=O. The number of carbonyl (C=O) groups is 10. The number of imide groups is 1. The summed E-state index contributed by atoms with van der Waals surface area (Å²) in [6.07, 6.45) is 1.94. The molecule has 0 spiro atoms. The third kappa shape index (κ3) is 20.3. The molecule has 0 bridgehead atoms. The van der Waals surface area contributed by atoms with Crippen LogP contribution in [0.25, 0.3) is 11.1 Å². The molecule has 1 aliphatic rings. The largest absolute Gasteiger partial charge is 0.387 e. The molecule has 0 radical (unpaired) electrons. The lowest BCUT2D eigenvalue weighted by atomic mass is 9.82. The third-order valence-electron chi connectivity index (χ3n) is 12.6. The second-order valence-electron chi connectivity index (χ2n) is 20.0. The summed E-state index contributed by atoms with van der Waals surface area (Å²) in [6, 6.07) is 8.47. The van der Waals surface area contributed by atoms with Gasteiger partial charge in [0.1, 0.15) is 36.9 Å². The van der Waals surface area contributed by atoms with Gasteiger partial charge in [-0.3, -0.25) is 52.8 Å². The highest BCUT2D eigenvalue weighted by Gasteiger charge is 2.39. The summed E-state index contributed by atoms with van der Waals surface area (Å²) in [5, 5.41) is 20.6. The minimum Gasteiger partial charge on any atom is -0.387 e. The Bertz CT molecular complexity index is 2660. The first-order chi connectivity index (χ1) is 37.4. The smallest absolute Gasteiger partial charge is 0.254 e. The van der Waals surface area contributed by atoms with E-state index in [-0.39, 0.29) is 69.8 Å². The summed E-state index contributed by atoms with van der Waals surface area (Å²) >= 11 is 0. The highest BCUT2D eigenvalue weighted by molar-refractivity contribution is 6.14. The van der Waals surface area contributed by atoms with Gasteiger partial charge in [0, 0.05) is 80.7 Å². The van der Waals surface area contributed by atoms with Crippen LogP contribution < -0.4 is 27.0 Å². The number of ether oxygens (including phenoxy) is 3. The summed E-state index contributed by atoms with van der Waals surface area (Å²) < 4.78 is 47.2. The van der Waals surface area contributed by atoms with E-state index in [9.17, 15) is 57.4 Å². The maximum absolute atomic E-state index is 15.4. The van der Waals surface area contributed by atoms with Gasteiger partial charge in [0.05, 0.1) is 51.5 Å². The monoisotopic (exact) mass is 1110 g/mol. The van der Waals surface area contributed by atoms with Gasteiger partial charge in [-0.05, 0) is 55.0 Å². The lowest BCUT2D eigenvalue weighted by molar-refractivity contribution is -0.141. The highest BCUT2D eigenvalue weighted by atomic mass is 19.1. The molecule has 0 aliphatic carbocycles. The van der Waals surface area contributed by atoms with Crippen LogP contribution in [-0.2, 0) is 68.7 Å². The van der Waals surface area contributed by atoms with E-state index >= 15 is 4.39 Å². The molecule has 430 valence electrons. The molecule has 7 N–H and O–H groups in total. The third-order valence-corrected chi connectivity index (χ3v) is 12.6. The lowest BCUT2D eigenvalue weighted by Crippen LogP contribution is -2.56. The number of carbonyl (C=O) groups excluding carboxylic acids is 10. The van der Waals surface area contributed by atoms with Crippen LogP contribution in [0.4, 0.5) is 8.78 Å². The number of halogens is 2. The van der Waals surface area contributed by atoms with E-state index in [1.165, 1.54) is 25.9 Å². The Morgan fingerprint density at radius 2 is 1.47 bits per heavy atom. The number of Topliss-reactive ketones (excluding diaryl/α,β-unsaturated/α-hetero) is 2. The van der Waals surface area contributed by atoms with Gasteiger partial charge in [0.2, 0.25) is 35.4 Å². The fourth-order valence-corrected chi connectivity index (χ4v) is 8.56. The fraction of sp³-hybridized carbons (Fsp3) is 0.491. The molecule has 1 aromatic heterocycles. The zero-order chi connectivity index (χ0) is 58.4. The van der Waals surface area contributed by atoms with E-state index < -0.39 is 132 Å². The van der Waals surface area contributed by atoms with Crippen molar-refractivity contribution < 1.29 is 76.0 Å². The number of benzene rings is 2. The Morgan fingerprint density at radius 3 is 2.11 bits per heavy atom. The molecule has 24 heteroatoms. The molecule has 0 saturated heterocycles. The predicted octanol–water partition coefficient (Wildman–Crippen LogP) is 1.79. The number of primary amides is 1. The number of aromatic nitrogens is 1. The van der Waals surface area contributed by atoms with Gasteiger partial charge < -0.3 is 55.8 Å². The van der Waals surface area contributed by atoms with Crippen LogP contribution in [0, 0.1) is 23.0 Å². The summed E-state index contributed by atoms with van der Waals surface area (Å²) in [5.74, 6) is -10.1. The fourth-order valence-electron chi connectivity index (χ4n) is 8.56. The van der Waals surface area contributed by atoms with Crippen LogP contribution in [0.15, 0.2) is 72.9 Å². The van der Waals surface area contributed by atoms with Crippen molar-refractivity contribution in [1.82, 2.24) is 35.6 Å².